The van der Waals surface area contributed by atoms with Gasteiger partial charge in [0.15, 0.2) is 5.82 Å². The third-order valence-corrected chi connectivity index (χ3v) is 5.10. The SMILES string of the molecule is CCCC(=O)Nc1ccc2cc(C(=O)Nc3ccc(Cl)cc3-c3nnn[nH]3)n(C)c2c1. The van der Waals surface area contributed by atoms with E-state index in [1.165, 1.54) is 0 Å². The van der Waals surface area contributed by atoms with Crippen LogP contribution in [-0.2, 0) is 11.8 Å². The van der Waals surface area contributed by atoms with Gasteiger partial charge in [-0.2, -0.15) is 0 Å². The summed E-state index contributed by atoms with van der Waals surface area (Å²) in [6, 6.07) is 12.4. The van der Waals surface area contributed by atoms with Crippen LogP contribution in [0.25, 0.3) is 22.3 Å². The Kier molecular flexibility index (Phi) is 5.68. The quantitative estimate of drug-likeness (QED) is 0.421. The predicted octanol–water partition coefficient (Wildman–Crippen LogP) is 4.00. The van der Waals surface area contributed by atoms with E-state index in [1.54, 1.807) is 35.9 Å². The van der Waals surface area contributed by atoms with Gasteiger partial charge in [0.2, 0.25) is 5.91 Å². The lowest BCUT2D eigenvalue weighted by Crippen LogP contribution is -2.16. The highest BCUT2D eigenvalue weighted by molar-refractivity contribution is 6.31. The lowest BCUT2D eigenvalue weighted by molar-refractivity contribution is -0.116. The zero-order chi connectivity index (χ0) is 22.0. The second kappa shape index (κ2) is 8.57. The van der Waals surface area contributed by atoms with Crippen LogP contribution < -0.4 is 10.6 Å². The van der Waals surface area contributed by atoms with E-state index in [-0.39, 0.29) is 11.8 Å². The summed E-state index contributed by atoms with van der Waals surface area (Å²) in [6.07, 6.45) is 1.24. The molecule has 9 nitrogen and oxygen atoms in total. The van der Waals surface area contributed by atoms with Crippen molar-refractivity contribution in [2.75, 3.05) is 10.6 Å². The Morgan fingerprint density at radius 3 is 2.71 bits per heavy atom. The van der Waals surface area contributed by atoms with Gasteiger partial charge < -0.3 is 15.2 Å². The summed E-state index contributed by atoms with van der Waals surface area (Å²) < 4.78 is 1.78. The standard InChI is InChI=1S/C21H20ClN7O2/c1-3-4-19(30)23-14-7-5-12-9-18(29(2)17(12)11-14)21(31)24-16-8-6-13(22)10-15(16)20-25-27-28-26-20/h5-11H,3-4H2,1-2H3,(H,23,30)(H,24,31)(H,25,26,27,28). The number of hydrogen-bond acceptors (Lipinski definition) is 5. The monoisotopic (exact) mass is 437 g/mol. The van der Waals surface area contributed by atoms with Crippen LogP contribution in [0.2, 0.25) is 5.02 Å². The normalized spacial score (nSPS) is 10.9. The maximum Gasteiger partial charge on any atom is 0.272 e. The average molecular weight is 438 g/mol. The number of carbonyl (C=O) groups is 2. The minimum absolute atomic E-state index is 0.0359. The van der Waals surface area contributed by atoms with Crippen molar-refractivity contribution in [3.63, 3.8) is 0 Å². The molecule has 0 atom stereocenters. The number of benzene rings is 2. The van der Waals surface area contributed by atoms with Crippen molar-refractivity contribution >= 4 is 45.7 Å². The number of halogens is 1. The van der Waals surface area contributed by atoms with Gasteiger partial charge in [0, 0.05) is 35.1 Å². The largest absolute Gasteiger partial charge is 0.340 e. The molecule has 0 spiro atoms. The summed E-state index contributed by atoms with van der Waals surface area (Å²) in [7, 11) is 1.80. The van der Waals surface area contributed by atoms with E-state index in [1.807, 2.05) is 25.1 Å². The predicted molar refractivity (Wildman–Crippen MR) is 119 cm³/mol. The number of aromatic nitrogens is 5. The number of H-pyrrole nitrogens is 1. The number of aryl methyl sites for hydroxylation is 1. The molecule has 0 bridgehead atoms. The topological polar surface area (TPSA) is 118 Å². The average Bonchev–Trinajstić information content (AvgIpc) is 3.38. The van der Waals surface area contributed by atoms with Crippen molar-refractivity contribution in [3.8, 4) is 11.4 Å². The number of rotatable bonds is 6. The van der Waals surface area contributed by atoms with E-state index in [0.717, 1.165) is 17.3 Å². The zero-order valence-corrected chi connectivity index (χ0v) is 17.7. The molecule has 0 unspecified atom stereocenters. The first kappa shape index (κ1) is 20.5. The van der Waals surface area contributed by atoms with Gasteiger partial charge in [0.1, 0.15) is 5.69 Å². The van der Waals surface area contributed by atoms with Gasteiger partial charge in [0.25, 0.3) is 5.91 Å². The minimum Gasteiger partial charge on any atom is -0.340 e. The van der Waals surface area contributed by atoms with Gasteiger partial charge in [0.05, 0.1) is 11.2 Å². The van der Waals surface area contributed by atoms with Crippen molar-refractivity contribution in [1.29, 1.82) is 0 Å². The van der Waals surface area contributed by atoms with Crippen LogP contribution in [0.3, 0.4) is 0 Å². The van der Waals surface area contributed by atoms with E-state index in [0.29, 0.717) is 39.9 Å². The van der Waals surface area contributed by atoms with Crippen LogP contribution >= 0.6 is 11.6 Å². The van der Waals surface area contributed by atoms with E-state index >= 15 is 0 Å². The molecule has 0 radical (unpaired) electrons. The van der Waals surface area contributed by atoms with E-state index < -0.39 is 0 Å². The van der Waals surface area contributed by atoms with Gasteiger partial charge in [-0.1, -0.05) is 24.6 Å². The number of anilines is 2. The number of amides is 2. The van der Waals surface area contributed by atoms with Crippen LogP contribution in [0.15, 0.2) is 42.5 Å². The van der Waals surface area contributed by atoms with Gasteiger partial charge in [-0.15, -0.1) is 5.10 Å². The summed E-state index contributed by atoms with van der Waals surface area (Å²) >= 11 is 6.11. The molecule has 2 aromatic heterocycles. The van der Waals surface area contributed by atoms with Crippen molar-refractivity contribution in [2.45, 2.75) is 19.8 Å². The van der Waals surface area contributed by atoms with Crippen LogP contribution in [-0.4, -0.2) is 37.0 Å². The van der Waals surface area contributed by atoms with Crippen molar-refractivity contribution < 1.29 is 9.59 Å². The summed E-state index contributed by atoms with van der Waals surface area (Å²) in [5, 5.41) is 20.9. The van der Waals surface area contributed by atoms with Crippen molar-refractivity contribution in [1.82, 2.24) is 25.2 Å². The van der Waals surface area contributed by atoms with E-state index in [2.05, 4.69) is 31.3 Å². The van der Waals surface area contributed by atoms with Crippen molar-refractivity contribution in [3.05, 3.63) is 53.2 Å². The van der Waals surface area contributed by atoms with Gasteiger partial charge >= 0.3 is 0 Å². The van der Waals surface area contributed by atoms with Crippen LogP contribution in [0.4, 0.5) is 11.4 Å². The molecule has 3 N–H and O–H groups in total. The molecule has 4 rings (SSSR count). The number of hydrogen-bond donors (Lipinski definition) is 3. The second-order valence-corrected chi connectivity index (χ2v) is 7.49. The molecule has 10 heteroatoms. The Bertz CT molecular complexity index is 1260. The molecular weight excluding hydrogens is 418 g/mol. The highest BCUT2D eigenvalue weighted by Crippen LogP contribution is 2.29. The Morgan fingerprint density at radius 1 is 1.13 bits per heavy atom. The summed E-state index contributed by atoms with van der Waals surface area (Å²) in [4.78, 5) is 25.0. The maximum atomic E-state index is 13.1. The van der Waals surface area contributed by atoms with Crippen LogP contribution in [0, 0.1) is 0 Å². The Morgan fingerprint density at radius 2 is 1.97 bits per heavy atom. The smallest absolute Gasteiger partial charge is 0.272 e. The first-order valence-electron chi connectivity index (χ1n) is 9.70. The fourth-order valence-corrected chi connectivity index (χ4v) is 3.53. The Labute approximate surface area is 182 Å². The highest BCUT2D eigenvalue weighted by Gasteiger charge is 2.17. The minimum atomic E-state index is -0.300. The molecule has 0 saturated heterocycles. The second-order valence-electron chi connectivity index (χ2n) is 7.05. The van der Waals surface area contributed by atoms with Gasteiger partial charge in [-0.3, -0.25) is 9.59 Å². The van der Waals surface area contributed by atoms with Gasteiger partial charge in [-0.25, -0.2) is 5.10 Å². The Balaban J connectivity index is 1.63. The first-order chi connectivity index (χ1) is 15.0. The maximum absolute atomic E-state index is 13.1. The molecule has 2 heterocycles. The fourth-order valence-electron chi connectivity index (χ4n) is 3.36. The number of nitrogens with one attached hydrogen (secondary N) is 3. The molecule has 0 fully saturated rings. The van der Waals surface area contributed by atoms with Crippen LogP contribution in [0.1, 0.15) is 30.3 Å². The number of carbonyl (C=O) groups excluding carboxylic acids is 2. The molecular formula is C21H20ClN7O2. The molecule has 0 aliphatic rings. The lowest BCUT2D eigenvalue weighted by Gasteiger charge is -2.10. The molecule has 0 aliphatic carbocycles. The van der Waals surface area contributed by atoms with E-state index in [9.17, 15) is 9.59 Å². The third-order valence-electron chi connectivity index (χ3n) is 4.87. The number of aromatic amines is 1. The summed E-state index contributed by atoms with van der Waals surface area (Å²) in [6.45, 7) is 1.95. The van der Waals surface area contributed by atoms with Crippen molar-refractivity contribution in [2.24, 2.45) is 7.05 Å². The molecule has 2 amide bonds. The third kappa shape index (κ3) is 4.26. The molecule has 4 aromatic rings. The summed E-state index contributed by atoms with van der Waals surface area (Å²) in [5.41, 5.74) is 3.08. The van der Waals surface area contributed by atoms with Gasteiger partial charge in [-0.05, 0) is 53.2 Å². The number of tetrazole rings is 1. The van der Waals surface area contributed by atoms with E-state index in [4.69, 9.17) is 11.6 Å². The fraction of sp³-hybridized carbons (Fsp3) is 0.190. The molecule has 31 heavy (non-hydrogen) atoms. The lowest BCUT2D eigenvalue weighted by atomic mass is 10.1. The molecule has 158 valence electrons. The first-order valence-corrected chi connectivity index (χ1v) is 10.1. The zero-order valence-electron chi connectivity index (χ0n) is 16.9. The van der Waals surface area contributed by atoms with Crippen LogP contribution in [0.5, 0.6) is 0 Å². The number of fused-ring (bicyclic) bond motifs is 1. The summed E-state index contributed by atoms with van der Waals surface area (Å²) in [5.74, 6) is 0.0554. The number of nitrogens with zero attached hydrogens (tertiary/aromatic N) is 4. The molecule has 2 aromatic carbocycles. The Hall–Kier alpha value is -3.72. The highest BCUT2D eigenvalue weighted by atomic mass is 35.5. The molecule has 0 saturated carbocycles. The molecule has 0 aliphatic heterocycles.